The molecule has 1 aliphatic heterocycles. The minimum absolute atomic E-state index is 0.0275. The summed E-state index contributed by atoms with van der Waals surface area (Å²) in [6.45, 7) is 0. The van der Waals surface area contributed by atoms with Crippen molar-refractivity contribution in [2.75, 3.05) is 0 Å². The summed E-state index contributed by atoms with van der Waals surface area (Å²) in [6, 6.07) is 8.48. The first-order valence-electron chi connectivity index (χ1n) is 11.7. The molecule has 12 nitrogen and oxygen atoms in total. The molecule has 0 aliphatic carbocycles. The van der Waals surface area contributed by atoms with Crippen LogP contribution in [0.4, 0.5) is 13.2 Å². The van der Waals surface area contributed by atoms with E-state index < -0.39 is 61.9 Å². The highest BCUT2D eigenvalue weighted by atomic mass is 31.2. The Kier molecular flexibility index (Phi) is 8.22. The molecule has 1 aromatic heterocycles. The molecule has 17 heteroatoms. The third-order valence-corrected chi connectivity index (χ3v) is 7.07. The van der Waals surface area contributed by atoms with Crippen molar-refractivity contribution in [1.29, 1.82) is 0 Å². The number of carboxylic acids is 1. The second-order valence-corrected chi connectivity index (χ2v) is 10.5. The molecule has 1 aliphatic rings. The number of aromatic carboxylic acids is 1. The maximum absolute atomic E-state index is 13.4. The first-order chi connectivity index (χ1) is 19.1. The fraction of sp³-hybridized carbons (Fsp3) is 0.167. The van der Waals surface area contributed by atoms with Crippen molar-refractivity contribution in [3.63, 3.8) is 0 Å². The van der Waals surface area contributed by atoms with Gasteiger partial charge < -0.3 is 35.2 Å². The molecule has 0 fully saturated rings. The number of fused-ring (bicyclic) bond motifs is 1. The number of hydrogen-bond donors (Lipinski definition) is 6. The SMILES string of the molecule is O=C(N[C@H](C(=O)N[C@H]1Cc2cccc(C(=O)O)c2OB1O)c1ccc(P(=O)(O)O)cc1)c1ccc(C(F)(F)F)cn1. The number of benzene rings is 2. The third kappa shape index (κ3) is 6.74. The van der Waals surface area contributed by atoms with Gasteiger partial charge in [-0.25, -0.2) is 4.79 Å². The average molecular weight is 593 g/mol. The summed E-state index contributed by atoms with van der Waals surface area (Å²) >= 11 is 0. The van der Waals surface area contributed by atoms with Crippen LogP contribution in [-0.4, -0.2) is 55.7 Å². The van der Waals surface area contributed by atoms with Gasteiger partial charge in [-0.3, -0.25) is 19.1 Å². The van der Waals surface area contributed by atoms with Crippen LogP contribution in [-0.2, 0) is 22.0 Å². The Morgan fingerprint density at radius 3 is 2.32 bits per heavy atom. The van der Waals surface area contributed by atoms with E-state index in [4.69, 9.17) is 4.65 Å². The van der Waals surface area contributed by atoms with Crippen molar-refractivity contribution in [3.8, 4) is 5.75 Å². The van der Waals surface area contributed by atoms with Gasteiger partial charge in [0, 0.05) is 6.20 Å². The molecule has 4 rings (SSSR count). The standard InChI is InChI=1S/C24H20BF3N3O9P/c26-24(27,28)14-6-9-17(29-11-14)21(32)31-19(12-4-7-15(8-5-12)41(37,38)39)22(33)30-18-10-13-2-1-3-16(23(34)35)20(13)40-25(18)36/h1-9,11,18-19,36H,10H2,(H,30,33)(H,31,32)(H,34,35)(H2,37,38,39)/t18-,19-/m0/s1. The van der Waals surface area contributed by atoms with Crippen LogP contribution in [0.15, 0.2) is 60.8 Å². The van der Waals surface area contributed by atoms with E-state index in [-0.39, 0.29) is 28.6 Å². The summed E-state index contributed by atoms with van der Waals surface area (Å²) < 4.78 is 55.5. The van der Waals surface area contributed by atoms with Crippen LogP contribution < -0.4 is 20.6 Å². The smallest absolute Gasteiger partial charge is 0.534 e. The second-order valence-electron chi connectivity index (χ2n) is 8.90. The van der Waals surface area contributed by atoms with Gasteiger partial charge in [-0.05, 0) is 47.9 Å². The van der Waals surface area contributed by atoms with Gasteiger partial charge in [-0.15, -0.1) is 0 Å². The Morgan fingerprint density at radius 1 is 1.07 bits per heavy atom. The minimum Gasteiger partial charge on any atom is -0.534 e. The van der Waals surface area contributed by atoms with Crippen LogP contribution in [0, 0.1) is 0 Å². The molecule has 0 saturated carbocycles. The molecule has 214 valence electrons. The number of aromatic nitrogens is 1. The van der Waals surface area contributed by atoms with Crippen molar-refractivity contribution in [3.05, 3.63) is 88.7 Å². The first-order valence-corrected chi connectivity index (χ1v) is 13.3. The number of nitrogens with zero attached hydrogens (tertiary/aromatic N) is 1. The van der Waals surface area contributed by atoms with Crippen molar-refractivity contribution in [2.45, 2.75) is 24.6 Å². The summed E-state index contributed by atoms with van der Waals surface area (Å²) in [4.78, 5) is 59.9. The molecule has 0 bridgehead atoms. The molecule has 6 N–H and O–H groups in total. The van der Waals surface area contributed by atoms with Gasteiger partial charge in [0.25, 0.3) is 5.91 Å². The number of pyridine rings is 1. The fourth-order valence-electron chi connectivity index (χ4n) is 4.04. The lowest BCUT2D eigenvalue weighted by atomic mass is 9.72. The zero-order chi connectivity index (χ0) is 30.1. The van der Waals surface area contributed by atoms with Crippen LogP contribution in [0.1, 0.15) is 43.6 Å². The largest absolute Gasteiger partial charge is 0.547 e. The van der Waals surface area contributed by atoms with E-state index in [1.165, 1.54) is 18.2 Å². The molecule has 2 aromatic carbocycles. The van der Waals surface area contributed by atoms with E-state index in [9.17, 15) is 52.0 Å². The molecule has 0 saturated heterocycles. The highest BCUT2D eigenvalue weighted by Gasteiger charge is 2.39. The van der Waals surface area contributed by atoms with Crippen LogP contribution in [0.25, 0.3) is 0 Å². The van der Waals surface area contributed by atoms with Gasteiger partial charge >= 0.3 is 26.9 Å². The van der Waals surface area contributed by atoms with Gasteiger partial charge in [0.05, 0.1) is 22.4 Å². The van der Waals surface area contributed by atoms with E-state index in [0.29, 0.717) is 17.8 Å². The van der Waals surface area contributed by atoms with E-state index >= 15 is 0 Å². The zero-order valence-electron chi connectivity index (χ0n) is 20.6. The molecule has 0 radical (unpaired) electrons. The number of hydrogen-bond acceptors (Lipinski definition) is 7. The predicted molar refractivity (Wildman–Crippen MR) is 135 cm³/mol. The summed E-state index contributed by atoms with van der Waals surface area (Å²) in [5, 5.41) is 24.3. The molecule has 2 atom stereocenters. The maximum atomic E-state index is 13.4. The molecular formula is C24H20BF3N3O9P. The van der Waals surface area contributed by atoms with Gasteiger partial charge in [0.15, 0.2) is 0 Å². The normalized spacial score (nSPS) is 15.8. The molecule has 0 unspecified atom stereocenters. The van der Waals surface area contributed by atoms with Gasteiger partial charge in [0.2, 0.25) is 5.91 Å². The predicted octanol–water partition coefficient (Wildman–Crippen LogP) is 1.21. The monoisotopic (exact) mass is 593 g/mol. The number of carboxylic acid groups (broad SMARTS) is 1. The average Bonchev–Trinajstić information content (AvgIpc) is 2.90. The van der Waals surface area contributed by atoms with Crippen LogP contribution in [0.5, 0.6) is 5.75 Å². The van der Waals surface area contributed by atoms with Gasteiger partial charge in [0.1, 0.15) is 17.5 Å². The number of rotatable bonds is 7. The number of alkyl halides is 3. The Bertz CT molecular complexity index is 1530. The van der Waals surface area contributed by atoms with E-state index in [2.05, 4.69) is 15.6 Å². The van der Waals surface area contributed by atoms with Crippen molar-refractivity contribution in [1.82, 2.24) is 15.6 Å². The third-order valence-electron chi connectivity index (χ3n) is 6.10. The summed E-state index contributed by atoms with van der Waals surface area (Å²) in [5.41, 5.74) is -1.38. The highest BCUT2D eigenvalue weighted by molar-refractivity contribution is 7.60. The van der Waals surface area contributed by atoms with E-state index in [1.54, 1.807) is 0 Å². The molecule has 41 heavy (non-hydrogen) atoms. The number of halogens is 3. The maximum Gasteiger partial charge on any atom is 0.547 e. The first kappa shape index (κ1) is 29.7. The van der Waals surface area contributed by atoms with Gasteiger partial charge in [-0.2, -0.15) is 13.2 Å². The molecular weight excluding hydrogens is 573 g/mol. The number of amides is 2. The Labute approximate surface area is 229 Å². The van der Waals surface area contributed by atoms with Crippen molar-refractivity contribution < 1.29 is 56.7 Å². The molecule has 2 heterocycles. The lowest BCUT2D eigenvalue weighted by Crippen LogP contribution is -2.55. The Morgan fingerprint density at radius 2 is 1.76 bits per heavy atom. The molecule has 2 amide bonds. The van der Waals surface area contributed by atoms with E-state index in [0.717, 1.165) is 30.3 Å². The quantitative estimate of drug-likeness (QED) is 0.171. The lowest BCUT2D eigenvalue weighted by Gasteiger charge is -2.30. The van der Waals surface area contributed by atoms with Crippen LogP contribution >= 0.6 is 7.60 Å². The van der Waals surface area contributed by atoms with E-state index in [1.807, 2.05) is 0 Å². The van der Waals surface area contributed by atoms with Crippen LogP contribution in [0.3, 0.4) is 0 Å². The Hall–Kier alpha value is -4.24. The summed E-state index contributed by atoms with van der Waals surface area (Å²) in [7, 11) is -6.34. The van der Waals surface area contributed by atoms with Crippen LogP contribution in [0.2, 0.25) is 0 Å². The topological polar surface area (TPSA) is 195 Å². The minimum atomic E-state index is -4.70. The number of para-hydroxylation sites is 1. The highest BCUT2D eigenvalue weighted by Crippen LogP contribution is 2.34. The zero-order valence-corrected chi connectivity index (χ0v) is 21.5. The molecule has 0 spiro atoms. The number of carbonyl (C=O) groups is 3. The fourth-order valence-corrected chi connectivity index (χ4v) is 4.58. The second kappa shape index (κ2) is 11.3. The van der Waals surface area contributed by atoms with Crippen molar-refractivity contribution in [2.24, 2.45) is 0 Å². The number of nitrogens with one attached hydrogen (secondary N) is 2. The lowest BCUT2D eigenvalue weighted by molar-refractivity contribution is -0.137. The number of carbonyl (C=O) groups excluding carboxylic acids is 2. The van der Waals surface area contributed by atoms with Crippen molar-refractivity contribution >= 4 is 37.8 Å². The Balaban J connectivity index is 1.60. The summed E-state index contributed by atoms with van der Waals surface area (Å²) in [5.74, 6) is -4.48. The summed E-state index contributed by atoms with van der Waals surface area (Å²) in [6.07, 6.45) is -4.32. The molecule has 3 aromatic rings. The van der Waals surface area contributed by atoms with Gasteiger partial charge in [-0.1, -0.05) is 24.3 Å².